The lowest BCUT2D eigenvalue weighted by molar-refractivity contribution is -0.148. The third kappa shape index (κ3) is 33.4. The summed E-state index contributed by atoms with van der Waals surface area (Å²) in [6.07, 6.45) is 15.3. The zero-order valence-corrected chi connectivity index (χ0v) is 25.3. The largest absolute Gasteiger partial charge is 0.463 e. The van der Waals surface area contributed by atoms with E-state index in [9.17, 15) is 4.79 Å². The quantitative estimate of drug-likeness (QED) is 0.0851. The van der Waals surface area contributed by atoms with E-state index in [0.29, 0.717) is 66.1 Å². The van der Waals surface area contributed by atoms with Crippen LogP contribution >= 0.6 is 0 Å². The average molecular weight is 581 g/mol. The van der Waals surface area contributed by atoms with E-state index < -0.39 is 18.7 Å². The Bertz CT molecular complexity index is 495. The summed E-state index contributed by atoms with van der Waals surface area (Å²) in [7, 11) is 0. The van der Waals surface area contributed by atoms with Crippen LogP contribution < -0.4 is 0 Å². The van der Waals surface area contributed by atoms with Gasteiger partial charge in [0.2, 0.25) is 0 Å². The van der Waals surface area contributed by atoms with Crippen LogP contribution in [0.1, 0.15) is 90.4 Å². The Hall–Kier alpha value is -0.850. The minimum atomic E-state index is -1.05. The van der Waals surface area contributed by atoms with Gasteiger partial charge in [-0.05, 0) is 6.42 Å². The van der Waals surface area contributed by atoms with Crippen molar-refractivity contribution in [3.05, 3.63) is 0 Å². The van der Waals surface area contributed by atoms with Crippen molar-refractivity contribution < 1.29 is 48.2 Å². The fourth-order valence-electron chi connectivity index (χ4n) is 3.72. The lowest BCUT2D eigenvalue weighted by atomic mass is 10.1. The number of ether oxygens (including phenoxy) is 7. The summed E-state index contributed by atoms with van der Waals surface area (Å²) in [6.45, 7) is 7.64. The smallest absolute Gasteiger partial charge is 0.308 e. The van der Waals surface area contributed by atoms with E-state index in [1.807, 2.05) is 0 Å². The molecule has 0 heterocycles. The van der Waals surface area contributed by atoms with Gasteiger partial charge in [-0.3, -0.25) is 4.79 Å². The number of aliphatic hydroxyl groups is 2. The Morgan fingerprint density at radius 3 is 1.27 bits per heavy atom. The van der Waals surface area contributed by atoms with Crippen molar-refractivity contribution in [2.75, 3.05) is 92.5 Å². The summed E-state index contributed by atoms with van der Waals surface area (Å²) < 4.78 is 37.5. The average Bonchev–Trinajstić information content (AvgIpc) is 2.96. The highest BCUT2D eigenvalue weighted by Gasteiger charge is 2.07. The van der Waals surface area contributed by atoms with E-state index in [4.69, 9.17) is 43.4 Å². The molecule has 0 amide bonds. The van der Waals surface area contributed by atoms with Crippen LogP contribution in [0.3, 0.4) is 0 Å². The van der Waals surface area contributed by atoms with E-state index in [2.05, 4.69) is 6.92 Å². The molecule has 2 N–H and O–H groups in total. The number of hydrogen-bond acceptors (Lipinski definition) is 10. The maximum atomic E-state index is 11.4. The Balaban J connectivity index is 3.09. The minimum Gasteiger partial charge on any atom is -0.463 e. The predicted octanol–water partition coefficient (Wildman–Crippen LogP) is 4.07. The molecule has 0 aromatic carbocycles. The van der Waals surface area contributed by atoms with Crippen molar-refractivity contribution in [2.24, 2.45) is 0 Å². The summed E-state index contributed by atoms with van der Waals surface area (Å²) in [6, 6.07) is 0. The number of rotatable bonds is 34. The van der Waals surface area contributed by atoms with Crippen LogP contribution in [-0.2, 0) is 38.0 Å². The molecule has 0 rings (SSSR count). The Kier molecular flexibility index (Phi) is 33.6. The van der Waals surface area contributed by atoms with Gasteiger partial charge in [0.25, 0.3) is 0 Å². The third-order valence-corrected chi connectivity index (χ3v) is 6.10. The zero-order chi connectivity index (χ0) is 29.2. The molecule has 0 bridgehead atoms. The molecule has 0 spiro atoms. The van der Waals surface area contributed by atoms with E-state index in [0.717, 1.165) is 13.0 Å². The second-order valence-corrected chi connectivity index (χ2v) is 9.83. The molecule has 1 atom stereocenters. The molecule has 40 heavy (non-hydrogen) atoms. The molecule has 1 unspecified atom stereocenters. The first-order valence-corrected chi connectivity index (χ1v) is 15.6. The normalized spacial score (nSPS) is 12.2. The first-order chi connectivity index (χ1) is 19.7. The van der Waals surface area contributed by atoms with Gasteiger partial charge in [0, 0.05) is 6.61 Å². The van der Waals surface area contributed by atoms with Gasteiger partial charge in [0.15, 0.2) is 0 Å². The van der Waals surface area contributed by atoms with Crippen molar-refractivity contribution in [1.29, 1.82) is 0 Å². The van der Waals surface area contributed by atoms with Crippen LogP contribution in [0.5, 0.6) is 0 Å². The van der Waals surface area contributed by atoms with E-state index in [1.54, 1.807) is 0 Å². The van der Waals surface area contributed by atoms with E-state index in [-0.39, 0.29) is 19.6 Å². The highest BCUT2D eigenvalue weighted by Crippen LogP contribution is 2.11. The fourth-order valence-corrected chi connectivity index (χ4v) is 3.72. The SMILES string of the molecule is CCCCCCCCCCCCCCOCCOCCOCCOCCOCCOCCC(=O)OCC(O)CO. The maximum Gasteiger partial charge on any atom is 0.308 e. The van der Waals surface area contributed by atoms with Crippen LogP contribution in [0.4, 0.5) is 0 Å². The number of hydrogen-bond donors (Lipinski definition) is 2. The molecule has 0 saturated heterocycles. The lowest BCUT2D eigenvalue weighted by Crippen LogP contribution is -2.22. The van der Waals surface area contributed by atoms with Crippen LogP contribution in [0.15, 0.2) is 0 Å². The standard InChI is InChI=1S/C30H60O10/c1-2-3-4-5-6-7-8-9-10-11-12-13-15-34-17-19-36-21-23-38-25-26-39-24-22-37-20-18-35-16-14-30(33)40-28-29(32)27-31/h29,31-32H,2-28H2,1H3. The molecule has 10 heteroatoms. The lowest BCUT2D eigenvalue weighted by Gasteiger charge is -2.09. The Morgan fingerprint density at radius 1 is 0.525 bits per heavy atom. The van der Waals surface area contributed by atoms with Crippen molar-refractivity contribution >= 4 is 5.97 Å². The summed E-state index contributed by atoms with van der Waals surface area (Å²) in [5, 5.41) is 17.7. The topological polar surface area (TPSA) is 122 Å². The first kappa shape index (κ1) is 39.1. The Morgan fingerprint density at radius 2 is 0.875 bits per heavy atom. The van der Waals surface area contributed by atoms with Gasteiger partial charge in [-0.15, -0.1) is 0 Å². The van der Waals surface area contributed by atoms with Crippen LogP contribution in [0.2, 0.25) is 0 Å². The van der Waals surface area contributed by atoms with Crippen LogP contribution in [0.25, 0.3) is 0 Å². The monoisotopic (exact) mass is 580 g/mol. The molecule has 10 nitrogen and oxygen atoms in total. The molecular formula is C30H60O10. The van der Waals surface area contributed by atoms with Gasteiger partial charge in [-0.25, -0.2) is 0 Å². The van der Waals surface area contributed by atoms with E-state index in [1.165, 1.54) is 70.6 Å². The minimum absolute atomic E-state index is 0.0829. The third-order valence-electron chi connectivity index (χ3n) is 6.10. The van der Waals surface area contributed by atoms with Gasteiger partial charge in [-0.2, -0.15) is 0 Å². The molecule has 0 aliphatic rings. The second kappa shape index (κ2) is 34.4. The molecule has 0 radical (unpaired) electrons. The van der Waals surface area contributed by atoms with Crippen LogP contribution in [0, 0.1) is 0 Å². The van der Waals surface area contributed by atoms with E-state index >= 15 is 0 Å². The fraction of sp³-hybridized carbons (Fsp3) is 0.967. The molecule has 0 aliphatic carbocycles. The maximum absolute atomic E-state index is 11.4. The molecule has 0 saturated carbocycles. The van der Waals surface area contributed by atoms with Gasteiger partial charge in [0.05, 0.1) is 85.7 Å². The number of carbonyl (C=O) groups excluding carboxylic acids is 1. The highest BCUT2D eigenvalue weighted by molar-refractivity contribution is 5.69. The number of unbranched alkanes of at least 4 members (excludes halogenated alkanes) is 11. The summed E-state index contributed by atoms with van der Waals surface area (Å²) in [4.78, 5) is 11.4. The summed E-state index contributed by atoms with van der Waals surface area (Å²) in [5.74, 6) is -0.482. The molecule has 0 aromatic rings. The van der Waals surface area contributed by atoms with Gasteiger partial charge < -0.3 is 43.4 Å². The first-order valence-electron chi connectivity index (χ1n) is 15.6. The number of aliphatic hydroxyl groups excluding tert-OH is 2. The van der Waals surface area contributed by atoms with Gasteiger partial charge in [-0.1, -0.05) is 77.6 Å². The highest BCUT2D eigenvalue weighted by atomic mass is 16.6. The molecule has 240 valence electrons. The van der Waals surface area contributed by atoms with Crippen molar-refractivity contribution in [3.8, 4) is 0 Å². The molecule has 0 aromatic heterocycles. The van der Waals surface area contributed by atoms with Gasteiger partial charge in [0.1, 0.15) is 12.7 Å². The second-order valence-electron chi connectivity index (χ2n) is 9.83. The zero-order valence-electron chi connectivity index (χ0n) is 25.3. The molecule has 0 aliphatic heterocycles. The van der Waals surface area contributed by atoms with Crippen molar-refractivity contribution in [3.63, 3.8) is 0 Å². The Labute approximate surface area is 243 Å². The predicted molar refractivity (Wildman–Crippen MR) is 155 cm³/mol. The summed E-state index contributed by atoms with van der Waals surface area (Å²) in [5.41, 5.74) is 0. The number of carbonyl (C=O) groups is 1. The molecule has 0 fully saturated rings. The summed E-state index contributed by atoms with van der Waals surface area (Å²) >= 11 is 0. The van der Waals surface area contributed by atoms with Gasteiger partial charge >= 0.3 is 5.97 Å². The van der Waals surface area contributed by atoms with Crippen LogP contribution in [-0.4, -0.2) is 115 Å². The van der Waals surface area contributed by atoms with Crippen molar-refractivity contribution in [1.82, 2.24) is 0 Å². The van der Waals surface area contributed by atoms with Crippen molar-refractivity contribution in [2.45, 2.75) is 96.5 Å². The molecular weight excluding hydrogens is 520 g/mol. The number of esters is 1.